The Labute approximate surface area is 129 Å². The Balaban J connectivity index is 1.90. The van der Waals surface area contributed by atoms with E-state index in [-0.39, 0.29) is 12.1 Å². The molecule has 0 aromatic heterocycles. The number of hydrogen-bond acceptors (Lipinski definition) is 3. The van der Waals surface area contributed by atoms with Crippen molar-refractivity contribution in [3.05, 3.63) is 0 Å². The minimum atomic E-state index is -0.423. The van der Waals surface area contributed by atoms with Crippen molar-refractivity contribution in [1.29, 1.82) is 0 Å². The van der Waals surface area contributed by atoms with Crippen LogP contribution >= 0.6 is 0 Å². The molecule has 1 saturated carbocycles. The first-order chi connectivity index (χ1) is 9.87. The number of carbonyl (C=O) groups excluding carboxylic acids is 1. The lowest BCUT2D eigenvalue weighted by Gasteiger charge is -2.41. The van der Waals surface area contributed by atoms with Gasteiger partial charge in [0, 0.05) is 25.2 Å². The van der Waals surface area contributed by atoms with Crippen molar-refractivity contribution in [3.8, 4) is 0 Å². The van der Waals surface area contributed by atoms with Crippen LogP contribution in [0.25, 0.3) is 0 Å². The van der Waals surface area contributed by atoms with Gasteiger partial charge < -0.3 is 10.1 Å². The molecule has 2 atom stereocenters. The van der Waals surface area contributed by atoms with Gasteiger partial charge in [0.05, 0.1) is 0 Å². The topological polar surface area (TPSA) is 41.6 Å². The highest BCUT2D eigenvalue weighted by Gasteiger charge is 2.33. The van der Waals surface area contributed by atoms with Gasteiger partial charge in [0.15, 0.2) is 0 Å². The van der Waals surface area contributed by atoms with Crippen LogP contribution in [-0.4, -0.2) is 41.8 Å². The van der Waals surface area contributed by atoms with Crippen LogP contribution < -0.4 is 5.32 Å². The van der Waals surface area contributed by atoms with Gasteiger partial charge in [0.2, 0.25) is 0 Å². The number of hydrogen-bond donors (Lipinski definition) is 1. The van der Waals surface area contributed by atoms with Crippen LogP contribution in [0.1, 0.15) is 66.2 Å². The average molecular weight is 296 g/mol. The maximum absolute atomic E-state index is 12.0. The predicted octanol–water partition coefficient (Wildman–Crippen LogP) is 3.55. The van der Waals surface area contributed by atoms with Gasteiger partial charge >= 0.3 is 6.09 Å². The number of carbonyl (C=O) groups is 1. The summed E-state index contributed by atoms with van der Waals surface area (Å²) >= 11 is 0. The SMILES string of the molecule is CCC1CC(NC(=O)OC(C)(C)C)CN(C2CCCC2)C1. The Kier molecular flexibility index (Phi) is 5.53. The van der Waals surface area contributed by atoms with Gasteiger partial charge in [-0.1, -0.05) is 26.2 Å². The molecule has 0 spiro atoms. The molecule has 2 unspecified atom stereocenters. The molecule has 2 fully saturated rings. The first kappa shape index (κ1) is 16.6. The van der Waals surface area contributed by atoms with Crippen molar-refractivity contribution in [2.45, 2.75) is 83.9 Å². The number of rotatable bonds is 3. The summed E-state index contributed by atoms with van der Waals surface area (Å²) in [7, 11) is 0. The minimum absolute atomic E-state index is 0.235. The van der Waals surface area contributed by atoms with E-state index in [0.29, 0.717) is 5.92 Å². The zero-order valence-corrected chi connectivity index (χ0v) is 14.2. The molecule has 0 radical (unpaired) electrons. The maximum atomic E-state index is 12.0. The third-order valence-corrected chi connectivity index (χ3v) is 4.70. The van der Waals surface area contributed by atoms with Gasteiger partial charge in [-0.15, -0.1) is 0 Å². The van der Waals surface area contributed by atoms with Crippen LogP contribution in [0.3, 0.4) is 0 Å². The smallest absolute Gasteiger partial charge is 0.407 e. The van der Waals surface area contributed by atoms with Gasteiger partial charge in [-0.3, -0.25) is 4.90 Å². The van der Waals surface area contributed by atoms with E-state index < -0.39 is 5.60 Å². The lowest BCUT2D eigenvalue weighted by molar-refractivity contribution is 0.0413. The standard InChI is InChI=1S/C17H32N2O2/c1-5-13-10-14(18-16(20)21-17(2,3)4)12-19(11-13)15-8-6-7-9-15/h13-15H,5-12H2,1-4H3,(H,18,20). The van der Waals surface area contributed by atoms with E-state index in [4.69, 9.17) is 4.74 Å². The van der Waals surface area contributed by atoms with Crippen LogP contribution in [0.15, 0.2) is 0 Å². The highest BCUT2D eigenvalue weighted by atomic mass is 16.6. The third-order valence-electron chi connectivity index (χ3n) is 4.70. The molecule has 4 nitrogen and oxygen atoms in total. The fourth-order valence-electron chi connectivity index (χ4n) is 3.68. The summed E-state index contributed by atoms with van der Waals surface area (Å²) in [6, 6.07) is 0.974. The van der Waals surface area contributed by atoms with E-state index >= 15 is 0 Å². The predicted molar refractivity (Wildman–Crippen MR) is 85.4 cm³/mol. The summed E-state index contributed by atoms with van der Waals surface area (Å²) in [5.74, 6) is 0.694. The van der Waals surface area contributed by atoms with Gasteiger partial charge in [-0.2, -0.15) is 0 Å². The highest BCUT2D eigenvalue weighted by Crippen LogP contribution is 2.29. The zero-order valence-electron chi connectivity index (χ0n) is 14.2. The van der Waals surface area contributed by atoms with Crippen LogP contribution in [0, 0.1) is 5.92 Å². The normalized spacial score (nSPS) is 28.6. The number of alkyl carbamates (subject to hydrolysis) is 1. The molecule has 1 aliphatic carbocycles. The second-order valence-corrected chi connectivity index (χ2v) is 7.75. The number of ether oxygens (including phenoxy) is 1. The van der Waals surface area contributed by atoms with Crippen LogP contribution in [0.4, 0.5) is 4.79 Å². The van der Waals surface area contributed by atoms with E-state index in [2.05, 4.69) is 17.1 Å². The average Bonchev–Trinajstić information content (AvgIpc) is 2.89. The van der Waals surface area contributed by atoms with Crippen molar-refractivity contribution < 1.29 is 9.53 Å². The summed E-state index contributed by atoms with van der Waals surface area (Å²) in [6.07, 6.45) is 7.39. The number of amides is 1. The largest absolute Gasteiger partial charge is 0.444 e. The van der Waals surface area contributed by atoms with E-state index in [1.165, 1.54) is 38.6 Å². The molecule has 4 heteroatoms. The summed E-state index contributed by atoms with van der Waals surface area (Å²) in [5, 5.41) is 3.09. The molecule has 122 valence electrons. The molecule has 1 amide bonds. The van der Waals surface area contributed by atoms with Crippen molar-refractivity contribution in [2.75, 3.05) is 13.1 Å². The summed E-state index contributed by atoms with van der Waals surface area (Å²) in [6.45, 7) is 10.2. The molecule has 1 N–H and O–H groups in total. The summed E-state index contributed by atoms with van der Waals surface area (Å²) < 4.78 is 5.40. The summed E-state index contributed by atoms with van der Waals surface area (Å²) in [5.41, 5.74) is -0.423. The van der Waals surface area contributed by atoms with Crippen molar-refractivity contribution in [1.82, 2.24) is 10.2 Å². The molecule has 2 rings (SSSR count). The molecule has 1 saturated heterocycles. The second-order valence-electron chi connectivity index (χ2n) is 7.75. The Morgan fingerprint density at radius 3 is 2.48 bits per heavy atom. The van der Waals surface area contributed by atoms with Crippen molar-refractivity contribution >= 4 is 6.09 Å². The monoisotopic (exact) mass is 296 g/mol. The fourth-order valence-corrected chi connectivity index (χ4v) is 3.68. The third kappa shape index (κ3) is 5.17. The second kappa shape index (κ2) is 6.99. The van der Waals surface area contributed by atoms with E-state index in [1.54, 1.807) is 0 Å². The van der Waals surface area contributed by atoms with Crippen LogP contribution in [0.5, 0.6) is 0 Å². The summed E-state index contributed by atoms with van der Waals surface area (Å²) in [4.78, 5) is 14.6. The van der Waals surface area contributed by atoms with Crippen molar-refractivity contribution in [2.24, 2.45) is 5.92 Å². The van der Waals surface area contributed by atoms with Crippen molar-refractivity contribution in [3.63, 3.8) is 0 Å². The molecule has 0 bridgehead atoms. The number of piperidine rings is 1. The van der Waals surface area contributed by atoms with Crippen LogP contribution in [-0.2, 0) is 4.74 Å². The molecular formula is C17H32N2O2. The maximum Gasteiger partial charge on any atom is 0.407 e. The Morgan fingerprint density at radius 2 is 1.90 bits per heavy atom. The first-order valence-electron chi connectivity index (χ1n) is 8.61. The molecule has 1 aliphatic heterocycles. The molecule has 2 aliphatic rings. The van der Waals surface area contributed by atoms with Gasteiger partial charge in [-0.05, 0) is 46.0 Å². The van der Waals surface area contributed by atoms with Gasteiger partial charge in [0.1, 0.15) is 5.60 Å². The Morgan fingerprint density at radius 1 is 1.24 bits per heavy atom. The van der Waals surface area contributed by atoms with E-state index in [9.17, 15) is 4.79 Å². The van der Waals surface area contributed by atoms with Crippen LogP contribution in [0.2, 0.25) is 0 Å². The molecule has 1 heterocycles. The number of nitrogens with one attached hydrogen (secondary N) is 1. The van der Waals surface area contributed by atoms with Gasteiger partial charge in [-0.25, -0.2) is 4.79 Å². The highest BCUT2D eigenvalue weighted by molar-refractivity contribution is 5.68. The molecule has 21 heavy (non-hydrogen) atoms. The van der Waals surface area contributed by atoms with E-state index in [0.717, 1.165) is 19.0 Å². The zero-order chi connectivity index (χ0) is 15.5. The quantitative estimate of drug-likeness (QED) is 0.866. The molecular weight excluding hydrogens is 264 g/mol. The molecule has 0 aromatic rings. The fraction of sp³-hybridized carbons (Fsp3) is 0.941. The lowest BCUT2D eigenvalue weighted by Crippen LogP contribution is -2.53. The minimum Gasteiger partial charge on any atom is -0.444 e. The van der Waals surface area contributed by atoms with Gasteiger partial charge in [0.25, 0.3) is 0 Å². The first-order valence-corrected chi connectivity index (χ1v) is 8.61. The lowest BCUT2D eigenvalue weighted by atomic mass is 9.91. The Bertz CT molecular complexity index is 345. The Hall–Kier alpha value is -0.770. The molecule has 0 aromatic carbocycles. The van der Waals surface area contributed by atoms with E-state index in [1.807, 2.05) is 20.8 Å². The number of likely N-dealkylation sites (tertiary alicyclic amines) is 1. The number of nitrogens with zero attached hydrogens (tertiary/aromatic N) is 1.